The molecule has 0 radical (unpaired) electrons. The zero-order chi connectivity index (χ0) is 18.1. The van der Waals surface area contributed by atoms with E-state index in [2.05, 4.69) is 53.4 Å². The molecule has 1 atom stereocenters. The minimum Gasteiger partial charge on any atom is -0.379 e. The number of aromatic nitrogens is 1. The number of hydrogen-bond donors (Lipinski definition) is 2. The van der Waals surface area contributed by atoms with Crippen molar-refractivity contribution in [3.8, 4) is 0 Å². The van der Waals surface area contributed by atoms with Crippen molar-refractivity contribution < 1.29 is 9.26 Å². The van der Waals surface area contributed by atoms with Crippen LogP contribution in [-0.2, 0) is 11.3 Å². The Morgan fingerprint density at radius 2 is 2.04 bits per heavy atom. The van der Waals surface area contributed by atoms with Gasteiger partial charge in [0.25, 0.3) is 0 Å². The maximum atomic E-state index is 5.40. The van der Waals surface area contributed by atoms with Crippen LogP contribution in [0.3, 0.4) is 0 Å². The van der Waals surface area contributed by atoms with Gasteiger partial charge >= 0.3 is 0 Å². The smallest absolute Gasteiger partial charge is 0.191 e. The summed E-state index contributed by atoms with van der Waals surface area (Å²) in [5, 5.41) is 10.8. The van der Waals surface area contributed by atoms with Crippen LogP contribution in [0.2, 0.25) is 0 Å². The standard InChI is InChI=1S/C18H33N5O2/c1-5-19-18(21-12-16-10-17(14(2)3)22-25-16)20-11-15(4)13-23-6-8-24-9-7-23/h10,14-15H,5-9,11-13H2,1-4H3,(H2,19,20,21). The molecule has 1 aliphatic heterocycles. The lowest BCUT2D eigenvalue weighted by molar-refractivity contribution is 0.0320. The van der Waals surface area contributed by atoms with Gasteiger partial charge in [-0.25, -0.2) is 4.99 Å². The average molecular weight is 351 g/mol. The molecule has 0 aromatic carbocycles. The van der Waals surface area contributed by atoms with Crippen LogP contribution in [-0.4, -0.2) is 62.0 Å². The SMILES string of the molecule is CCNC(=NCc1cc(C(C)C)no1)NCC(C)CN1CCOCC1. The van der Waals surface area contributed by atoms with Crippen LogP contribution in [0.1, 0.15) is 45.1 Å². The van der Waals surface area contributed by atoms with E-state index < -0.39 is 0 Å². The summed E-state index contributed by atoms with van der Waals surface area (Å²) in [6.07, 6.45) is 0. The van der Waals surface area contributed by atoms with Crippen molar-refractivity contribution in [3.05, 3.63) is 17.5 Å². The Hall–Kier alpha value is -1.60. The van der Waals surface area contributed by atoms with E-state index in [0.29, 0.717) is 18.4 Å². The molecule has 0 saturated carbocycles. The molecule has 0 spiro atoms. The molecule has 0 aliphatic carbocycles. The minimum absolute atomic E-state index is 0.369. The molecular formula is C18H33N5O2. The van der Waals surface area contributed by atoms with Gasteiger partial charge in [-0.15, -0.1) is 0 Å². The zero-order valence-corrected chi connectivity index (χ0v) is 16.0. The van der Waals surface area contributed by atoms with Crippen molar-refractivity contribution in [1.82, 2.24) is 20.7 Å². The molecule has 1 fully saturated rings. The molecule has 7 heteroatoms. The normalized spacial score (nSPS) is 17.7. The van der Waals surface area contributed by atoms with Crippen LogP contribution in [0.15, 0.2) is 15.6 Å². The van der Waals surface area contributed by atoms with E-state index in [1.54, 1.807) is 0 Å². The summed E-state index contributed by atoms with van der Waals surface area (Å²) in [5.74, 6) is 2.52. The maximum absolute atomic E-state index is 5.40. The molecule has 1 aliphatic rings. The molecule has 25 heavy (non-hydrogen) atoms. The van der Waals surface area contributed by atoms with Gasteiger partial charge in [-0.2, -0.15) is 0 Å². The largest absolute Gasteiger partial charge is 0.379 e. The van der Waals surface area contributed by atoms with E-state index in [1.807, 2.05) is 6.07 Å². The second-order valence-corrected chi connectivity index (χ2v) is 6.97. The summed E-state index contributed by atoms with van der Waals surface area (Å²) in [7, 11) is 0. The second-order valence-electron chi connectivity index (χ2n) is 6.97. The third-order valence-electron chi connectivity index (χ3n) is 4.20. The molecule has 1 saturated heterocycles. The van der Waals surface area contributed by atoms with Crippen LogP contribution in [0.4, 0.5) is 0 Å². The predicted molar refractivity (Wildman–Crippen MR) is 99.8 cm³/mol. The highest BCUT2D eigenvalue weighted by molar-refractivity contribution is 5.79. The topological polar surface area (TPSA) is 74.9 Å². The van der Waals surface area contributed by atoms with E-state index in [4.69, 9.17) is 9.26 Å². The first-order chi connectivity index (χ1) is 12.1. The molecule has 0 bridgehead atoms. The van der Waals surface area contributed by atoms with E-state index in [9.17, 15) is 0 Å². The molecule has 0 amide bonds. The molecule has 1 aromatic heterocycles. The Bertz CT molecular complexity index is 523. The minimum atomic E-state index is 0.369. The second kappa shape index (κ2) is 10.4. The fraction of sp³-hybridized carbons (Fsp3) is 0.778. The van der Waals surface area contributed by atoms with Gasteiger partial charge in [0.2, 0.25) is 0 Å². The maximum Gasteiger partial charge on any atom is 0.191 e. The Kier molecular flexibility index (Phi) is 8.21. The summed E-state index contributed by atoms with van der Waals surface area (Å²) in [6.45, 7) is 15.6. The van der Waals surface area contributed by atoms with Crippen LogP contribution >= 0.6 is 0 Å². The number of morpholine rings is 1. The number of hydrogen-bond acceptors (Lipinski definition) is 5. The number of nitrogens with one attached hydrogen (secondary N) is 2. The first-order valence-electron chi connectivity index (χ1n) is 9.36. The van der Waals surface area contributed by atoms with Crippen molar-refractivity contribution in [2.75, 3.05) is 45.9 Å². The van der Waals surface area contributed by atoms with Gasteiger partial charge in [-0.05, 0) is 18.8 Å². The third kappa shape index (κ3) is 7.04. The molecule has 1 unspecified atom stereocenters. The molecule has 1 aromatic rings. The summed E-state index contributed by atoms with van der Waals surface area (Å²) in [4.78, 5) is 7.06. The van der Waals surface area contributed by atoms with Crippen molar-refractivity contribution in [1.29, 1.82) is 0 Å². The summed E-state index contributed by atoms with van der Waals surface area (Å²) in [6, 6.07) is 1.98. The van der Waals surface area contributed by atoms with Crippen molar-refractivity contribution >= 4 is 5.96 Å². The van der Waals surface area contributed by atoms with Gasteiger partial charge in [-0.1, -0.05) is 25.9 Å². The Morgan fingerprint density at radius 1 is 1.28 bits per heavy atom. The van der Waals surface area contributed by atoms with Crippen molar-refractivity contribution in [2.45, 2.75) is 40.2 Å². The van der Waals surface area contributed by atoms with Crippen molar-refractivity contribution in [2.24, 2.45) is 10.9 Å². The Labute approximate surface area is 151 Å². The molecule has 7 nitrogen and oxygen atoms in total. The highest BCUT2D eigenvalue weighted by atomic mass is 16.5. The lowest BCUT2D eigenvalue weighted by Gasteiger charge is -2.29. The monoisotopic (exact) mass is 351 g/mol. The first kappa shape index (κ1) is 19.7. The third-order valence-corrected chi connectivity index (χ3v) is 4.20. The molecule has 2 heterocycles. The summed E-state index contributed by atoms with van der Waals surface area (Å²) in [5.41, 5.74) is 0.974. The van der Waals surface area contributed by atoms with Gasteiger partial charge < -0.3 is 19.9 Å². The highest BCUT2D eigenvalue weighted by Gasteiger charge is 2.14. The number of nitrogens with zero attached hydrogens (tertiary/aromatic N) is 3. The number of rotatable bonds is 8. The fourth-order valence-corrected chi connectivity index (χ4v) is 2.73. The highest BCUT2D eigenvalue weighted by Crippen LogP contribution is 2.14. The van der Waals surface area contributed by atoms with Gasteiger partial charge in [0.15, 0.2) is 11.7 Å². The predicted octanol–water partition coefficient (Wildman–Crippen LogP) is 1.82. The first-order valence-corrected chi connectivity index (χ1v) is 9.36. The van der Waals surface area contributed by atoms with Crippen LogP contribution < -0.4 is 10.6 Å². The molecular weight excluding hydrogens is 318 g/mol. The van der Waals surface area contributed by atoms with E-state index >= 15 is 0 Å². The van der Waals surface area contributed by atoms with Gasteiger partial charge in [0.05, 0.1) is 18.9 Å². The van der Waals surface area contributed by atoms with Crippen LogP contribution in [0.5, 0.6) is 0 Å². The van der Waals surface area contributed by atoms with Gasteiger partial charge in [0.1, 0.15) is 6.54 Å². The van der Waals surface area contributed by atoms with Crippen LogP contribution in [0.25, 0.3) is 0 Å². The molecule has 2 N–H and O–H groups in total. The quantitative estimate of drug-likeness (QED) is 0.550. The number of aliphatic imine (C=N–C) groups is 1. The van der Waals surface area contributed by atoms with E-state index in [0.717, 1.165) is 63.4 Å². The van der Waals surface area contributed by atoms with Crippen molar-refractivity contribution in [3.63, 3.8) is 0 Å². The Morgan fingerprint density at radius 3 is 2.68 bits per heavy atom. The zero-order valence-electron chi connectivity index (χ0n) is 16.0. The van der Waals surface area contributed by atoms with E-state index in [1.165, 1.54) is 0 Å². The molecule has 2 rings (SSSR count). The lowest BCUT2D eigenvalue weighted by atomic mass is 10.1. The fourth-order valence-electron chi connectivity index (χ4n) is 2.73. The summed E-state index contributed by atoms with van der Waals surface area (Å²) >= 11 is 0. The number of ether oxygens (including phenoxy) is 1. The average Bonchev–Trinajstić information content (AvgIpc) is 3.07. The number of guanidine groups is 1. The van der Waals surface area contributed by atoms with Crippen LogP contribution in [0, 0.1) is 5.92 Å². The van der Waals surface area contributed by atoms with E-state index in [-0.39, 0.29) is 0 Å². The Balaban J connectivity index is 1.79. The summed E-state index contributed by atoms with van der Waals surface area (Å²) < 4.78 is 10.8. The lowest BCUT2D eigenvalue weighted by Crippen LogP contribution is -2.44. The van der Waals surface area contributed by atoms with Gasteiger partial charge in [-0.3, -0.25) is 4.90 Å². The molecule has 142 valence electrons. The van der Waals surface area contributed by atoms with Gasteiger partial charge in [0, 0.05) is 38.8 Å².